The number of carbonyl (C=O) groups is 1. The summed E-state index contributed by atoms with van der Waals surface area (Å²) in [5, 5.41) is 13.3. The second kappa shape index (κ2) is 6.62. The Morgan fingerprint density at radius 2 is 1.96 bits per heavy atom. The summed E-state index contributed by atoms with van der Waals surface area (Å²) in [7, 11) is 0. The molecule has 0 spiro atoms. The van der Waals surface area contributed by atoms with E-state index in [9.17, 15) is 4.79 Å². The van der Waals surface area contributed by atoms with Gasteiger partial charge in [-0.1, -0.05) is 41.4 Å². The van der Waals surface area contributed by atoms with Gasteiger partial charge < -0.3 is 5.32 Å². The Bertz CT molecular complexity index is 798. The lowest BCUT2D eigenvalue weighted by Gasteiger charge is -2.38. The van der Waals surface area contributed by atoms with Crippen molar-refractivity contribution in [3.8, 4) is 6.07 Å². The summed E-state index contributed by atoms with van der Waals surface area (Å²) < 4.78 is 0. The van der Waals surface area contributed by atoms with Crippen LogP contribution in [0, 0.1) is 11.3 Å². The van der Waals surface area contributed by atoms with Crippen LogP contribution in [0.4, 0.5) is 0 Å². The van der Waals surface area contributed by atoms with Crippen LogP contribution in [0.15, 0.2) is 42.5 Å². The smallest absolute Gasteiger partial charge is 0.252 e. The molecule has 0 aromatic heterocycles. The van der Waals surface area contributed by atoms with E-state index in [0.29, 0.717) is 21.2 Å². The van der Waals surface area contributed by atoms with Crippen molar-refractivity contribution in [3.63, 3.8) is 0 Å². The minimum atomic E-state index is -0.220. The number of nitrogens with zero attached hydrogens (tertiary/aromatic N) is 1. The fourth-order valence-corrected chi connectivity index (χ4v) is 3.42. The number of halogens is 2. The van der Waals surface area contributed by atoms with Gasteiger partial charge in [0, 0.05) is 22.0 Å². The van der Waals surface area contributed by atoms with Crippen molar-refractivity contribution in [2.45, 2.75) is 24.8 Å². The number of hydrogen-bond donors (Lipinski definition) is 1. The number of nitriles is 1. The molecule has 0 heterocycles. The predicted molar refractivity (Wildman–Crippen MR) is 90.8 cm³/mol. The van der Waals surface area contributed by atoms with Gasteiger partial charge in [0.15, 0.2) is 0 Å². The monoisotopic (exact) mass is 344 g/mol. The van der Waals surface area contributed by atoms with Crippen molar-refractivity contribution in [1.29, 1.82) is 5.26 Å². The zero-order chi connectivity index (χ0) is 16.4. The molecule has 1 aliphatic rings. The Hall–Kier alpha value is -2.02. The van der Waals surface area contributed by atoms with E-state index in [1.807, 2.05) is 18.2 Å². The van der Waals surface area contributed by atoms with Crippen LogP contribution in [0.1, 0.15) is 40.2 Å². The fraction of sp³-hybridized carbons (Fsp3) is 0.222. The van der Waals surface area contributed by atoms with Gasteiger partial charge in [0.05, 0.1) is 17.2 Å². The summed E-state index contributed by atoms with van der Waals surface area (Å²) in [6, 6.07) is 14.3. The number of hydrogen-bond acceptors (Lipinski definition) is 2. The molecule has 0 saturated heterocycles. The van der Waals surface area contributed by atoms with Crippen molar-refractivity contribution in [2.24, 2.45) is 0 Å². The molecule has 2 aromatic rings. The molecule has 116 valence electrons. The van der Waals surface area contributed by atoms with Gasteiger partial charge in [-0.15, -0.1) is 0 Å². The molecule has 2 atom stereocenters. The molecular formula is C18H14Cl2N2O. The first-order valence-electron chi connectivity index (χ1n) is 7.35. The maximum absolute atomic E-state index is 12.4. The lowest BCUT2D eigenvalue weighted by Crippen LogP contribution is -2.45. The van der Waals surface area contributed by atoms with Gasteiger partial charge in [-0.2, -0.15) is 5.26 Å². The summed E-state index contributed by atoms with van der Waals surface area (Å²) in [4.78, 5) is 12.4. The van der Waals surface area contributed by atoms with E-state index in [1.54, 1.807) is 30.3 Å². The number of amides is 1. The summed E-state index contributed by atoms with van der Waals surface area (Å²) in [6.07, 6.45) is 1.86. The van der Waals surface area contributed by atoms with Crippen molar-refractivity contribution >= 4 is 29.1 Å². The quantitative estimate of drug-likeness (QED) is 0.888. The van der Waals surface area contributed by atoms with Crippen molar-refractivity contribution in [2.75, 3.05) is 0 Å². The first-order valence-corrected chi connectivity index (χ1v) is 8.10. The van der Waals surface area contributed by atoms with Crippen LogP contribution in [0.2, 0.25) is 10.0 Å². The Kier molecular flexibility index (Phi) is 4.56. The van der Waals surface area contributed by atoms with Gasteiger partial charge >= 0.3 is 0 Å². The molecule has 3 rings (SSSR count). The van der Waals surface area contributed by atoms with Crippen molar-refractivity contribution in [1.82, 2.24) is 5.32 Å². The molecule has 5 heteroatoms. The molecular weight excluding hydrogens is 331 g/mol. The van der Waals surface area contributed by atoms with E-state index in [-0.39, 0.29) is 17.9 Å². The van der Waals surface area contributed by atoms with E-state index in [2.05, 4.69) is 5.32 Å². The van der Waals surface area contributed by atoms with E-state index < -0.39 is 0 Å². The highest BCUT2D eigenvalue weighted by atomic mass is 35.5. The van der Waals surface area contributed by atoms with Gasteiger partial charge in [0.1, 0.15) is 0 Å². The topological polar surface area (TPSA) is 52.9 Å². The minimum Gasteiger partial charge on any atom is -0.349 e. The summed E-state index contributed by atoms with van der Waals surface area (Å²) in [5.41, 5.74) is 1.79. The molecule has 0 aliphatic heterocycles. The van der Waals surface area contributed by atoms with Crippen LogP contribution in [0.25, 0.3) is 0 Å². The minimum absolute atomic E-state index is 0.0212. The second-order valence-corrected chi connectivity index (χ2v) is 6.43. The van der Waals surface area contributed by atoms with E-state index in [1.165, 1.54) is 0 Å². The summed E-state index contributed by atoms with van der Waals surface area (Å²) in [6.45, 7) is 0. The van der Waals surface area contributed by atoms with Crippen molar-refractivity contribution < 1.29 is 4.79 Å². The Labute approximate surface area is 144 Å². The van der Waals surface area contributed by atoms with Gasteiger partial charge in [-0.25, -0.2) is 0 Å². The molecule has 0 radical (unpaired) electrons. The summed E-state index contributed by atoms with van der Waals surface area (Å²) >= 11 is 12.2. The normalized spacial score (nSPS) is 19.5. The average molecular weight is 345 g/mol. The van der Waals surface area contributed by atoms with Gasteiger partial charge in [0.25, 0.3) is 5.91 Å². The van der Waals surface area contributed by atoms with Gasteiger partial charge in [-0.3, -0.25) is 4.79 Å². The van der Waals surface area contributed by atoms with Crippen LogP contribution in [0.3, 0.4) is 0 Å². The molecule has 1 aliphatic carbocycles. The highest BCUT2D eigenvalue weighted by molar-refractivity contribution is 6.35. The number of benzene rings is 2. The van der Waals surface area contributed by atoms with Crippen LogP contribution in [-0.4, -0.2) is 11.9 Å². The Morgan fingerprint density at radius 1 is 1.17 bits per heavy atom. The van der Waals surface area contributed by atoms with E-state index in [4.69, 9.17) is 28.5 Å². The lowest BCUT2D eigenvalue weighted by molar-refractivity contribution is 0.0904. The van der Waals surface area contributed by atoms with Crippen LogP contribution in [0.5, 0.6) is 0 Å². The SMILES string of the molecule is N#Cc1ccccc1C(=O)NC1CCC1c1ccc(Cl)cc1Cl. The summed E-state index contributed by atoms with van der Waals surface area (Å²) in [5.74, 6) is -0.0418. The third kappa shape index (κ3) is 3.19. The number of rotatable bonds is 3. The maximum Gasteiger partial charge on any atom is 0.252 e. The molecule has 1 N–H and O–H groups in total. The number of nitrogens with one attached hydrogen (secondary N) is 1. The van der Waals surface area contributed by atoms with Gasteiger partial charge in [-0.05, 0) is 42.7 Å². The van der Waals surface area contributed by atoms with Crippen LogP contribution >= 0.6 is 23.2 Å². The first-order chi connectivity index (χ1) is 11.1. The third-order valence-electron chi connectivity index (χ3n) is 4.24. The fourth-order valence-electron chi connectivity index (χ4n) is 2.87. The van der Waals surface area contributed by atoms with Gasteiger partial charge in [0.2, 0.25) is 0 Å². The molecule has 0 bridgehead atoms. The van der Waals surface area contributed by atoms with Crippen LogP contribution < -0.4 is 5.32 Å². The zero-order valence-corrected chi connectivity index (χ0v) is 13.7. The van der Waals surface area contributed by atoms with Crippen LogP contribution in [-0.2, 0) is 0 Å². The molecule has 2 unspecified atom stereocenters. The van der Waals surface area contributed by atoms with E-state index in [0.717, 1.165) is 18.4 Å². The molecule has 1 amide bonds. The molecule has 3 nitrogen and oxygen atoms in total. The standard InChI is InChI=1S/C18H14Cl2N2O/c19-12-5-6-14(16(20)9-12)15-7-8-17(15)22-18(23)13-4-2-1-3-11(13)10-21/h1-6,9,15,17H,7-8H2,(H,22,23). The number of carbonyl (C=O) groups excluding carboxylic acids is 1. The molecule has 23 heavy (non-hydrogen) atoms. The highest BCUT2D eigenvalue weighted by Gasteiger charge is 2.34. The third-order valence-corrected chi connectivity index (χ3v) is 4.81. The Balaban J connectivity index is 1.76. The molecule has 2 aromatic carbocycles. The second-order valence-electron chi connectivity index (χ2n) is 5.59. The maximum atomic E-state index is 12.4. The average Bonchev–Trinajstić information content (AvgIpc) is 2.53. The molecule has 1 saturated carbocycles. The van der Waals surface area contributed by atoms with E-state index >= 15 is 0 Å². The highest BCUT2D eigenvalue weighted by Crippen LogP contribution is 2.41. The van der Waals surface area contributed by atoms with Crippen molar-refractivity contribution in [3.05, 3.63) is 69.2 Å². The largest absolute Gasteiger partial charge is 0.349 e. The first kappa shape index (κ1) is 15.9. The predicted octanol–water partition coefficient (Wildman–Crippen LogP) is 4.54. The molecule has 1 fully saturated rings. The zero-order valence-electron chi connectivity index (χ0n) is 12.2. The lowest BCUT2D eigenvalue weighted by atomic mass is 9.75. The Morgan fingerprint density at radius 3 is 2.61 bits per heavy atom.